The topological polar surface area (TPSA) is 105 Å². The predicted octanol–water partition coefficient (Wildman–Crippen LogP) is 3.19. The van der Waals surface area contributed by atoms with E-state index in [9.17, 15) is 9.59 Å². The van der Waals surface area contributed by atoms with Gasteiger partial charge in [-0.15, -0.1) is 11.3 Å². The second-order valence-corrected chi connectivity index (χ2v) is 6.67. The number of hydrogen-bond donors (Lipinski definition) is 1. The van der Waals surface area contributed by atoms with E-state index in [4.69, 9.17) is 10.00 Å². The van der Waals surface area contributed by atoms with Gasteiger partial charge in [-0.25, -0.2) is 4.98 Å². The summed E-state index contributed by atoms with van der Waals surface area (Å²) >= 11 is 1.38. The molecular weight excluding hydrogens is 376 g/mol. The van der Waals surface area contributed by atoms with Gasteiger partial charge in [-0.3, -0.25) is 14.6 Å². The van der Waals surface area contributed by atoms with Crippen LogP contribution in [0.5, 0.6) is 0 Å². The van der Waals surface area contributed by atoms with E-state index in [0.717, 1.165) is 5.69 Å². The van der Waals surface area contributed by atoms with Crippen molar-refractivity contribution in [3.63, 3.8) is 0 Å². The minimum Gasteiger partial charge on any atom is -0.452 e. The van der Waals surface area contributed by atoms with Crippen LogP contribution in [-0.2, 0) is 20.7 Å². The summed E-state index contributed by atoms with van der Waals surface area (Å²) in [5, 5.41) is 14.1. The number of hydrogen-bond acceptors (Lipinski definition) is 7. The Bertz CT molecular complexity index is 1030. The fourth-order valence-corrected chi connectivity index (χ4v) is 3.15. The Morgan fingerprint density at radius 2 is 2.04 bits per heavy atom. The fourth-order valence-electron chi connectivity index (χ4n) is 2.36. The molecule has 1 aromatic carbocycles. The summed E-state index contributed by atoms with van der Waals surface area (Å²) < 4.78 is 5.19. The molecule has 3 rings (SSSR count). The van der Waals surface area contributed by atoms with Crippen molar-refractivity contribution >= 4 is 28.9 Å². The lowest BCUT2D eigenvalue weighted by atomic mass is 10.2. The average molecular weight is 392 g/mol. The van der Waals surface area contributed by atoms with Gasteiger partial charge in [-0.1, -0.05) is 18.2 Å². The number of nitrogens with one attached hydrogen (secondary N) is 1. The van der Waals surface area contributed by atoms with Crippen LogP contribution in [0.1, 0.15) is 18.2 Å². The summed E-state index contributed by atoms with van der Waals surface area (Å²) in [5.41, 5.74) is 1.99. The fraction of sp³-hybridized carbons (Fsp3) is 0.150. The van der Waals surface area contributed by atoms with E-state index in [1.54, 1.807) is 35.8 Å². The van der Waals surface area contributed by atoms with Crippen molar-refractivity contribution in [3.05, 3.63) is 65.3 Å². The second-order valence-electron chi connectivity index (χ2n) is 5.81. The van der Waals surface area contributed by atoms with Gasteiger partial charge in [-0.05, 0) is 31.2 Å². The molecule has 0 bridgehead atoms. The highest BCUT2D eigenvalue weighted by Crippen LogP contribution is 2.21. The van der Waals surface area contributed by atoms with Gasteiger partial charge in [0.1, 0.15) is 11.1 Å². The molecule has 8 heteroatoms. The summed E-state index contributed by atoms with van der Waals surface area (Å²) in [5.74, 6) is -1.07. The molecule has 0 aliphatic carbocycles. The first kappa shape index (κ1) is 19.2. The van der Waals surface area contributed by atoms with E-state index in [1.165, 1.54) is 18.3 Å². The standard InChI is InChI=1S/C20H16N4O3S/c1-13(19(26)24-16-7-3-2-6-14(16)11-21)27-18(25)10-15-12-28-20(23-15)17-8-4-5-9-22-17/h2-9,12-13H,10H2,1H3,(H,24,26). The van der Waals surface area contributed by atoms with Gasteiger partial charge < -0.3 is 10.1 Å². The Kier molecular flexibility index (Phi) is 6.09. The monoisotopic (exact) mass is 392 g/mol. The van der Waals surface area contributed by atoms with E-state index in [-0.39, 0.29) is 6.42 Å². The van der Waals surface area contributed by atoms with Crippen LogP contribution >= 0.6 is 11.3 Å². The Morgan fingerprint density at radius 1 is 1.25 bits per heavy atom. The highest BCUT2D eigenvalue weighted by molar-refractivity contribution is 7.13. The molecule has 1 atom stereocenters. The zero-order chi connectivity index (χ0) is 19.9. The van der Waals surface area contributed by atoms with Crippen LogP contribution in [0.3, 0.4) is 0 Å². The maximum Gasteiger partial charge on any atom is 0.312 e. The van der Waals surface area contributed by atoms with Crippen molar-refractivity contribution in [2.45, 2.75) is 19.4 Å². The summed E-state index contributed by atoms with van der Waals surface area (Å²) in [4.78, 5) is 33.0. The molecule has 2 aromatic heterocycles. The number of thiazole rings is 1. The van der Waals surface area contributed by atoms with Crippen molar-refractivity contribution in [2.75, 3.05) is 5.32 Å². The molecule has 1 N–H and O–H groups in total. The summed E-state index contributed by atoms with van der Waals surface area (Å²) in [6, 6.07) is 14.1. The van der Waals surface area contributed by atoms with Crippen LogP contribution in [0.2, 0.25) is 0 Å². The van der Waals surface area contributed by atoms with E-state index in [1.807, 2.05) is 24.3 Å². The van der Waals surface area contributed by atoms with Crippen LogP contribution in [-0.4, -0.2) is 27.9 Å². The third-order valence-corrected chi connectivity index (χ3v) is 4.66. The molecule has 0 fully saturated rings. The molecule has 7 nitrogen and oxygen atoms in total. The van der Waals surface area contributed by atoms with Gasteiger partial charge in [-0.2, -0.15) is 5.26 Å². The lowest BCUT2D eigenvalue weighted by Gasteiger charge is -2.13. The van der Waals surface area contributed by atoms with Crippen LogP contribution in [0.4, 0.5) is 5.69 Å². The van der Waals surface area contributed by atoms with E-state index >= 15 is 0 Å². The zero-order valence-corrected chi connectivity index (χ0v) is 15.8. The van der Waals surface area contributed by atoms with Crippen LogP contribution in [0.15, 0.2) is 54.0 Å². The maximum atomic E-state index is 12.2. The van der Waals surface area contributed by atoms with Gasteiger partial charge in [0.05, 0.1) is 29.1 Å². The van der Waals surface area contributed by atoms with Gasteiger partial charge in [0, 0.05) is 11.6 Å². The van der Waals surface area contributed by atoms with Gasteiger partial charge in [0.2, 0.25) is 0 Å². The molecule has 0 saturated heterocycles. The van der Waals surface area contributed by atoms with E-state index in [2.05, 4.69) is 15.3 Å². The van der Waals surface area contributed by atoms with E-state index < -0.39 is 18.0 Å². The highest BCUT2D eigenvalue weighted by Gasteiger charge is 2.20. The normalized spacial score (nSPS) is 11.3. The number of aromatic nitrogens is 2. The van der Waals surface area contributed by atoms with Gasteiger partial charge >= 0.3 is 5.97 Å². The number of amides is 1. The number of carbonyl (C=O) groups excluding carboxylic acids is 2. The van der Waals surface area contributed by atoms with Crippen molar-refractivity contribution in [2.24, 2.45) is 0 Å². The maximum absolute atomic E-state index is 12.2. The number of anilines is 1. The minimum atomic E-state index is -1.01. The van der Waals surface area contributed by atoms with Crippen molar-refractivity contribution in [3.8, 4) is 16.8 Å². The first-order valence-electron chi connectivity index (χ1n) is 8.42. The molecule has 0 aliphatic rings. The average Bonchev–Trinajstić information content (AvgIpc) is 3.17. The number of ether oxygens (including phenoxy) is 1. The van der Waals surface area contributed by atoms with Crippen molar-refractivity contribution < 1.29 is 14.3 Å². The van der Waals surface area contributed by atoms with Gasteiger partial charge in [0.15, 0.2) is 6.10 Å². The number of pyridine rings is 1. The SMILES string of the molecule is CC(OC(=O)Cc1csc(-c2ccccn2)n1)C(=O)Nc1ccccc1C#N. The Labute approximate surface area is 165 Å². The molecule has 0 radical (unpaired) electrons. The second kappa shape index (κ2) is 8.88. The third kappa shape index (κ3) is 4.78. The van der Waals surface area contributed by atoms with Crippen LogP contribution < -0.4 is 5.32 Å². The first-order valence-corrected chi connectivity index (χ1v) is 9.30. The molecule has 140 valence electrons. The Balaban J connectivity index is 1.56. The third-order valence-electron chi connectivity index (χ3n) is 3.74. The number of nitriles is 1. The number of benzene rings is 1. The van der Waals surface area contributed by atoms with Crippen LogP contribution in [0, 0.1) is 11.3 Å². The number of para-hydroxylation sites is 1. The summed E-state index contributed by atoms with van der Waals surface area (Å²) in [6.07, 6.45) is 0.624. The molecule has 1 amide bonds. The van der Waals surface area contributed by atoms with Crippen molar-refractivity contribution in [1.82, 2.24) is 9.97 Å². The lowest BCUT2D eigenvalue weighted by Crippen LogP contribution is -2.30. The molecule has 1 unspecified atom stereocenters. The lowest BCUT2D eigenvalue weighted by molar-refractivity contribution is -0.152. The molecule has 3 aromatic rings. The van der Waals surface area contributed by atoms with Crippen molar-refractivity contribution in [1.29, 1.82) is 5.26 Å². The smallest absolute Gasteiger partial charge is 0.312 e. The Hall–Kier alpha value is -3.57. The van der Waals surface area contributed by atoms with Crippen LogP contribution in [0.25, 0.3) is 10.7 Å². The minimum absolute atomic E-state index is 0.0459. The highest BCUT2D eigenvalue weighted by atomic mass is 32.1. The predicted molar refractivity (Wildman–Crippen MR) is 104 cm³/mol. The number of nitrogens with zero attached hydrogens (tertiary/aromatic N) is 3. The van der Waals surface area contributed by atoms with Gasteiger partial charge in [0.25, 0.3) is 5.91 Å². The molecule has 0 spiro atoms. The van der Waals surface area contributed by atoms with E-state index in [0.29, 0.717) is 22.0 Å². The molecule has 0 aliphatic heterocycles. The Morgan fingerprint density at radius 3 is 2.79 bits per heavy atom. The quantitative estimate of drug-likeness (QED) is 0.646. The molecular formula is C20H16N4O3S. The summed E-state index contributed by atoms with van der Waals surface area (Å²) in [7, 11) is 0. The largest absolute Gasteiger partial charge is 0.452 e. The molecule has 2 heterocycles. The number of carbonyl (C=O) groups is 2. The number of esters is 1. The summed E-state index contributed by atoms with van der Waals surface area (Å²) in [6.45, 7) is 1.47. The first-order chi connectivity index (χ1) is 13.6. The molecule has 28 heavy (non-hydrogen) atoms. The number of rotatable bonds is 6. The molecule has 0 saturated carbocycles. The zero-order valence-electron chi connectivity index (χ0n) is 15.0.